The topological polar surface area (TPSA) is 61.8 Å². The lowest BCUT2D eigenvalue weighted by Gasteiger charge is -2.59. The number of anilines is 1. The Morgan fingerprint density at radius 3 is 2.43 bits per heavy atom. The summed E-state index contributed by atoms with van der Waals surface area (Å²) in [4.78, 5) is 11.5. The minimum Gasteiger partial charge on any atom is -0.378 e. The zero-order chi connectivity index (χ0) is 19.7. The molecule has 0 amide bonds. The molecule has 1 aromatic rings. The van der Waals surface area contributed by atoms with Crippen LogP contribution in [0.4, 0.5) is 5.82 Å². The highest BCUT2D eigenvalue weighted by Gasteiger charge is 2.58. The summed E-state index contributed by atoms with van der Waals surface area (Å²) in [5, 5.41) is 7.24. The number of guanidine groups is 1. The molecule has 2 fully saturated rings. The van der Waals surface area contributed by atoms with Crippen LogP contribution in [0.15, 0.2) is 23.2 Å². The molecule has 6 nitrogen and oxygen atoms in total. The first-order chi connectivity index (χ1) is 12.8. The fourth-order valence-electron chi connectivity index (χ4n) is 4.21. The summed E-state index contributed by atoms with van der Waals surface area (Å²) in [7, 11) is 3.66. The van der Waals surface area contributed by atoms with E-state index >= 15 is 0 Å². The molecule has 0 bridgehead atoms. The number of pyridine rings is 1. The molecule has 7 heteroatoms. The molecule has 2 atom stereocenters. The Morgan fingerprint density at radius 2 is 1.89 bits per heavy atom. The van der Waals surface area contributed by atoms with Crippen molar-refractivity contribution in [2.24, 2.45) is 10.4 Å². The Hall–Kier alpha value is -1.09. The SMILES string of the molecule is CN=C(NC1CCN(c2cccc(C)n2)CC1)NC1CC(C)(OC)C1(C)C.I. The van der Waals surface area contributed by atoms with Gasteiger partial charge in [0.1, 0.15) is 5.82 Å². The van der Waals surface area contributed by atoms with Crippen LogP contribution in [-0.4, -0.2) is 55.9 Å². The highest BCUT2D eigenvalue weighted by Crippen LogP contribution is 2.51. The predicted octanol–water partition coefficient (Wildman–Crippen LogP) is 3.35. The van der Waals surface area contributed by atoms with E-state index in [0.29, 0.717) is 12.1 Å². The van der Waals surface area contributed by atoms with E-state index in [4.69, 9.17) is 4.74 Å². The van der Waals surface area contributed by atoms with Crippen molar-refractivity contribution in [3.63, 3.8) is 0 Å². The maximum atomic E-state index is 5.73. The second-order valence-electron chi connectivity index (χ2n) is 8.67. The molecule has 28 heavy (non-hydrogen) atoms. The molecule has 1 aromatic heterocycles. The van der Waals surface area contributed by atoms with Crippen LogP contribution < -0.4 is 15.5 Å². The lowest BCUT2D eigenvalue weighted by atomic mass is 9.56. The monoisotopic (exact) mass is 501 g/mol. The van der Waals surface area contributed by atoms with Gasteiger partial charge in [-0.3, -0.25) is 4.99 Å². The number of ether oxygens (including phenoxy) is 1. The molecule has 158 valence electrons. The van der Waals surface area contributed by atoms with E-state index in [2.05, 4.69) is 58.4 Å². The van der Waals surface area contributed by atoms with Gasteiger partial charge in [0.25, 0.3) is 0 Å². The van der Waals surface area contributed by atoms with Crippen molar-refractivity contribution in [2.75, 3.05) is 32.1 Å². The first-order valence-corrected chi connectivity index (χ1v) is 10.0. The highest BCUT2D eigenvalue weighted by molar-refractivity contribution is 14.0. The molecular weight excluding hydrogens is 465 g/mol. The normalized spacial score (nSPS) is 27.6. The standard InChI is InChI=1S/C21H35N5O.HI/c1-15-8-7-9-18(23-15)26-12-10-16(11-13-26)24-19(22-5)25-17-14-21(4,27-6)20(17,2)3;/h7-9,16-17H,10-14H2,1-6H3,(H2,22,24,25);1H. The summed E-state index contributed by atoms with van der Waals surface area (Å²) in [6, 6.07) is 7.04. The number of aryl methyl sites for hydroxylation is 1. The summed E-state index contributed by atoms with van der Waals surface area (Å²) in [5.41, 5.74) is 1.07. The quantitative estimate of drug-likeness (QED) is 0.377. The van der Waals surface area contributed by atoms with E-state index < -0.39 is 0 Å². The summed E-state index contributed by atoms with van der Waals surface area (Å²) >= 11 is 0. The van der Waals surface area contributed by atoms with Crippen LogP contribution in [0.25, 0.3) is 0 Å². The number of nitrogens with one attached hydrogen (secondary N) is 2. The predicted molar refractivity (Wildman–Crippen MR) is 127 cm³/mol. The van der Waals surface area contributed by atoms with Crippen molar-refractivity contribution in [1.29, 1.82) is 0 Å². The molecule has 3 rings (SSSR count). The van der Waals surface area contributed by atoms with E-state index in [9.17, 15) is 0 Å². The largest absolute Gasteiger partial charge is 0.378 e. The van der Waals surface area contributed by atoms with Crippen molar-refractivity contribution < 1.29 is 4.74 Å². The number of methoxy groups -OCH3 is 1. The minimum absolute atomic E-state index is 0. The van der Waals surface area contributed by atoms with E-state index in [0.717, 1.165) is 49.8 Å². The van der Waals surface area contributed by atoms with Crippen molar-refractivity contribution in [3.8, 4) is 0 Å². The second-order valence-corrected chi connectivity index (χ2v) is 8.67. The Bertz CT molecular complexity index is 687. The van der Waals surface area contributed by atoms with E-state index in [1.807, 2.05) is 27.1 Å². The Balaban J connectivity index is 0.00000280. The van der Waals surface area contributed by atoms with Gasteiger partial charge < -0.3 is 20.3 Å². The molecule has 0 radical (unpaired) electrons. The van der Waals surface area contributed by atoms with Crippen LogP contribution in [0.2, 0.25) is 0 Å². The lowest BCUT2D eigenvalue weighted by Crippen LogP contribution is -2.69. The second kappa shape index (κ2) is 9.15. The maximum absolute atomic E-state index is 5.73. The van der Waals surface area contributed by atoms with Gasteiger partial charge in [-0.25, -0.2) is 4.98 Å². The summed E-state index contributed by atoms with van der Waals surface area (Å²) in [5.74, 6) is 1.99. The van der Waals surface area contributed by atoms with Gasteiger partial charge in [-0.2, -0.15) is 0 Å². The summed E-state index contributed by atoms with van der Waals surface area (Å²) < 4.78 is 5.73. The first kappa shape index (κ1) is 23.2. The van der Waals surface area contributed by atoms with Gasteiger partial charge in [-0.1, -0.05) is 19.9 Å². The lowest BCUT2D eigenvalue weighted by molar-refractivity contribution is -0.176. The number of aliphatic imine (C=N–C) groups is 1. The van der Waals surface area contributed by atoms with Crippen molar-refractivity contribution >= 4 is 35.8 Å². The molecule has 1 aliphatic carbocycles. The third-order valence-electron chi connectivity index (χ3n) is 6.85. The highest BCUT2D eigenvalue weighted by atomic mass is 127. The van der Waals surface area contributed by atoms with Gasteiger partial charge in [-0.05, 0) is 45.2 Å². The number of piperidine rings is 1. The van der Waals surface area contributed by atoms with Crippen LogP contribution in [-0.2, 0) is 4.74 Å². The molecule has 1 aliphatic heterocycles. The van der Waals surface area contributed by atoms with E-state index in [-0.39, 0.29) is 35.0 Å². The zero-order valence-corrected chi connectivity index (χ0v) is 20.4. The Kier molecular flexibility index (Phi) is 7.58. The molecule has 1 saturated carbocycles. The number of halogens is 1. The average Bonchev–Trinajstić information content (AvgIpc) is 2.67. The zero-order valence-electron chi connectivity index (χ0n) is 18.1. The van der Waals surface area contributed by atoms with Gasteiger partial charge in [-0.15, -0.1) is 24.0 Å². The van der Waals surface area contributed by atoms with Crippen molar-refractivity contribution in [3.05, 3.63) is 23.9 Å². The molecule has 2 heterocycles. The van der Waals surface area contributed by atoms with Crippen LogP contribution >= 0.6 is 24.0 Å². The van der Waals surface area contributed by atoms with Crippen LogP contribution in [0.3, 0.4) is 0 Å². The molecule has 0 aromatic carbocycles. The molecular formula is C21H36IN5O. The minimum atomic E-state index is -0.0737. The van der Waals surface area contributed by atoms with Gasteiger partial charge in [0, 0.05) is 50.4 Å². The molecule has 1 saturated heterocycles. The van der Waals surface area contributed by atoms with Crippen LogP contribution in [0.5, 0.6) is 0 Å². The number of hydrogen-bond acceptors (Lipinski definition) is 4. The Labute approximate surface area is 186 Å². The van der Waals surface area contributed by atoms with E-state index in [1.165, 1.54) is 0 Å². The average molecular weight is 501 g/mol. The van der Waals surface area contributed by atoms with Gasteiger partial charge >= 0.3 is 0 Å². The van der Waals surface area contributed by atoms with Gasteiger partial charge in [0.15, 0.2) is 5.96 Å². The maximum Gasteiger partial charge on any atom is 0.191 e. The Morgan fingerprint density at radius 1 is 1.21 bits per heavy atom. The molecule has 2 N–H and O–H groups in total. The number of aromatic nitrogens is 1. The molecule has 2 aliphatic rings. The fraction of sp³-hybridized carbons (Fsp3) is 0.714. The number of rotatable bonds is 4. The fourth-order valence-corrected chi connectivity index (χ4v) is 4.21. The van der Waals surface area contributed by atoms with Gasteiger partial charge in [0.2, 0.25) is 0 Å². The third-order valence-corrected chi connectivity index (χ3v) is 6.85. The first-order valence-electron chi connectivity index (χ1n) is 10.0. The van der Waals surface area contributed by atoms with Crippen molar-refractivity contribution in [2.45, 2.75) is 64.6 Å². The third kappa shape index (κ3) is 4.56. The summed E-state index contributed by atoms with van der Waals surface area (Å²) in [6.07, 6.45) is 3.16. The number of hydrogen-bond donors (Lipinski definition) is 2. The van der Waals surface area contributed by atoms with E-state index in [1.54, 1.807) is 0 Å². The van der Waals surface area contributed by atoms with Crippen molar-refractivity contribution in [1.82, 2.24) is 15.6 Å². The molecule has 0 spiro atoms. The van der Waals surface area contributed by atoms with Crippen LogP contribution in [0.1, 0.15) is 45.7 Å². The smallest absolute Gasteiger partial charge is 0.191 e. The van der Waals surface area contributed by atoms with Crippen LogP contribution in [0, 0.1) is 12.3 Å². The number of nitrogens with zero attached hydrogens (tertiary/aromatic N) is 3. The molecule has 2 unspecified atom stereocenters. The summed E-state index contributed by atoms with van der Waals surface area (Å²) in [6.45, 7) is 10.8. The van der Waals surface area contributed by atoms with Gasteiger partial charge in [0.05, 0.1) is 5.60 Å².